The Kier molecular flexibility index (Phi) is 5.76. The van der Waals surface area contributed by atoms with Crippen LogP contribution < -0.4 is 5.73 Å². The Morgan fingerprint density at radius 2 is 2.05 bits per heavy atom. The Morgan fingerprint density at radius 1 is 1.42 bits per heavy atom. The molecule has 0 spiro atoms. The summed E-state index contributed by atoms with van der Waals surface area (Å²) >= 11 is 0. The van der Waals surface area contributed by atoms with Crippen LogP contribution in [0.2, 0.25) is 0 Å². The van der Waals surface area contributed by atoms with E-state index in [4.69, 9.17) is 5.73 Å². The van der Waals surface area contributed by atoms with E-state index in [-0.39, 0.29) is 23.9 Å². The largest absolute Gasteiger partial charge is 0.339 e. The highest BCUT2D eigenvalue weighted by Crippen LogP contribution is 2.19. The standard InChI is InChI=1S/C14H19FN2O.ClH/c1-10-2-3-13(15)12(8-10)14(18)17-6-4-11(9-16)5-7-17;/h2-3,8,11H,4-7,9,16H2,1H3;1H. The molecular formula is C14H20ClFN2O. The molecule has 0 aliphatic carbocycles. The number of halogens is 2. The Morgan fingerprint density at radius 3 is 2.63 bits per heavy atom. The van der Waals surface area contributed by atoms with Crippen LogP contribution in [-0.4, -0.2) is 30.4 Å². The average Bonchev–Trinajstić information content (AvgIpc) is 2.41. The van der Waals surface area contributed by atoms with Crippen LogP contribution in [0.25, 0.3) is 0 Å². The van der Waals surface area contributed by atoms with Gasteiger partial charge in [0, 0.05) is 13.1 Å². The van der Waals surface area contributed by atoms with E-state index in [1.54, 1.807) is 17.0 Å². The summed E-state index contributed by atoms with van der Waals surface area (Å²) in [7, 11) is 0. The van der Waals surface area contributed by atoms with Gasteiger partial charge in [0.2, 0.25) is 0 Å². The number of nitrogens with two attached hydrogens (primary N) is 1. The molecule has 1 aromatic carbocycles. The molecule has 3 nitrogen and oxygen atoms in total. The maximum Gasteiger partial charge on any atom is 0.256 e. The summed E-state index contributed by atoms with van der Waals surface area (Å²) < 4.78 is 13.7. The molecule has 0 bridgehead atoms. The summed E-state index contributed by atoms with van der Waals surface area (Å²) in [6.07, 6.45) is 1.82. The van der Waals surface area contributed by atoms with Crippen LogP contribution in [0.15, 0.2) is 18.2 Å². The van der Waals surface area contributed by atoms with E-state index in [0.29, 0.717) is 25.6 Å². The number of aryl methyl sites for hydroxylation is 1. The first-order chi connectivity index (χ1) is 8.61. The Hall–Kier alpha value is -1.13. The third kappa shape index (κ3) is 3.67. The highest BCUT2D eigenvalue weighted by molar-refractivity contribution is 5.94. The number of hydrogen-bond acceptors (Lipinski definition) is 2. The van der Waals surface area contributed by atoms with Crippen LogP contribution >= 0.6 is 12.4 Å². The van der Waals surface area contributed by atoms with Crippen molar-refractivity contribution in [1.82, 2.24) is 4.90 Å². The molecular weight excluding hydrogens is 267 g/mol. The van der Waals surface area contributed by atoms with Crippen molar-refractivity contribution in [2.24, 2.45) is 11.7 Å². The van der Waals surface area contributed by atoms with Crippen molar-refractivity contribution in [1.29, 1.82) is 0 Å². The van der Waals surface area contributed by atoms with Gasteiger partial charge >= 0.3 is 0 Å². The van der Waals surface area contributed by atoms with Gasteiger partial charge in [-0.15, -0.1) is 12.4 Å². The lowest BCUT2D eigenvalue weighted by Gasteiger charge is -2.31. The molecule has 1 fully saturated rings. The lowest BCUT2D eigenvalue weighted by molar-refractivity contribution is 0.0688. The molecule has 5 heteroatoms. The zero-order chi connectivity index (χ0) is 13.1. The molecule has 106 valence electrons. The van der Waals surface area contributed by atoms with Crippen LogP contribution in [0.5, 0.6) is 0 Å². The second-order valence-corrected chi connectivity index (χ2v) is 4.95. The predicted octanol–water partition coefficient (Wildman–Crippen LogP) is 2.37. The predicted molar refractivity (Wildman–Crippen MR) is 76.1 cm³/mol. The van der Waals surface area contributed by atoms with Crippen molar-refractivity contribution in [2.45, 2.75) is 19.8 Å². The van der Waals surface area contributed by atoms with Gasteiger partial charge in [0.05, 0.1) is 5.56 Å². The van der Waals surface area contributed by atoms with Crippen LogP contribution in [0.4, 0.5) is 4.39 Å². The molecule has 2 N–H and O–H groups in total. The third-order valence-electron chi connectivity index (χ3n) is 3.59. The minimum atomic E-state index is -0.438. The molecule has 0 aromatic heterocycles. The molecule has 1 amide bonds. The number of carbonyl (C=O) groups is 1. The van der Waals surface area contributed by atoms with Crippen molar-refractivity contribution in [2.75, 3.05) is 19.6 Å². The average molecular weight is 287 g/mol. The number of likely N-dealkylation sites (tertiary alicyclic amines) is 1. The van der Waals surface area contributed by atoms with Crippen LogP contribution in [0.1, 0.15) is 28.8 Å². The molecule has 19 heavy (non-hydrogen) atoms. The molecule has 1 aliphatic rings. The lowest BCUT2D eigenvalue weighted by Crippen LogP contribution is -2.40. The molecule has 0 atom stereocenters. The van der Waals surface area contributed by atoms with Crippen molar-refractivity contribution < 1.29 is 9.18 Å². The smallest absolute Gasteiger partial charge is 0.256 e. The molecule has 0 unspecified atom stereocenters. The summed E-state index contributed by atoms with van der Waals surface area (Å²) in [4.78, 5) is 13.9. The number of nitrogens with zero attached hydrogens (tertiary/aromatic N) is 1. The van der Waals surface area contributed by atoms with Crippen molar-refractivity contribution in [3.8, 4) is 0 Å². The molecule has 2 rings (SSSR count). The third-order valence-corrected chi connectivity index (χ3v) is 3.59. The number of piperidine rings is 1. The second-order valence-electron chi connectivity index (χ2n) is 4.95. The molecule has 1 aliphatic heterocycles. The minimum Gasteiger partial charge on any atom is -0.339 e. The highest BCUT2D eigenvalue weighted by Gasteiger charge is 2.24. The zero-order valence-electron chi connectivity index (χ0n) is 11.1. The van der Waals surface area contributed by atoms with Gasteiger partial charge in [-0.05, 0) is 44.4 Å². The van der Waals surface area contributed by atoms with Gasteiger partial charge in [-0.1, -0.05) is 11.6 Å². The van der Waals surface area contributed by atoms with E-state index >= 15 is 0 Å². The van der Waals surface area contributed by atoms with E-state index in [1.807, 2.05) is 6.92 Å². The number of benzene rings is 1. The highest BCUT2D eigenvalue weighted by atomic mass is 35.5. The fraction of sp³-hybridized carbons (Fsp3) is 0.500. The lowest BCUT2D eigenvalue weighted by atomic mass is 9.96. The van der Waals surface area contributed by atoms with Gasteiger partial charge in [0.15, 0.2) is 0 Å². The monoisotopic (exact) mass is 286 g/mol. The molecule has 0 saturated carbocycles. The first kappa shape index (κ1) is 15.9. The molecule has 1 aromatic rings. The Labute approximate surface area is 119 Å². The summed E-state index contributed by atoms with van der Waals surface area (Å²) in [6, 6.07) is 4.65. The number of rotatable bonds is 2. The maximum absolute atomic E-state index is 13.7. The van der Waals surface area contributed by atoms with E-state index in [1.165, 1.54) is 6.07 Å². The van der Waals surface area contributed by atoms with E-state index in [2.05, 4.69) is 0 Å². The van der Waals surface area contributed by atoms with Crippen LogP contribution in [0.3, 0.4) is 0 Å². The van der Waals surface area contributed by atoms with Crippen molar-refractivity contribution in [3.63, 3.8) is 0 Å². The van der Waals surface area contributed by atoms with Gasteiger partial charge < -0.3 is 10.6 Å². The van der Waals surface area contributed by atoms with E-state index < -0.39 is 5.82 Å². The summed E-state index contributed by atoms with van der Waals surface area (Å²) in [6.45, 7) is 3.87. The number of amides is 1. The minimum absolute atomic E-state index is 0. The van der Waals surface area contributed by atoms with Gasteiger partial charge in [0.25, 0.3) is 5.91 Å². The Bertz CT molecular complexity index is 445. The van der Waals surface area contributed by atoms with Gasteiger partial charge in [0.1, 0.15) is 5.82 Å². The topological polar surface area (TPSA) is 46.3 Å². The van der Waals surface area contributed by atoms with Crippen LogP contribution in [-0.2, 0) is 0 Å². The molecule has 1 heterocycles. The van der Waals surface area contributed by atoms with Gasteiger partial charge in [-0.25, -0.2) is 4.39 Å². The first-order valence-corrected chi connectivity index (χ1v) is 6.37. The van der Waals surface area contributed by atoms with Gasteiger partial charge in [-0.3, -0.25) is 4.79 Å². The fourth-order valence-corrected chi connectivity index (χ4v) is 2.35. The maximum atomic E-state index is 13.7. The van der Waals surface area contributed by atoms with Crippen LogP contribution in [0, 0.1) is 18.7 Å². The van der Waals surface area contributed by atoms with E-state index in [0.717, 1.165) is 18.4 Å². The zero-order valence-corrected chi connectivity index (χ0v) is 11.9. The molecule has 0 radical (unpaired) electrons. The number of carbonyl (C=O) groups excluding carboxylic acids is 1. The summed E-state index contributed by atoms with van der Waals surface area (Å²) in [5.74, 6) is -0.144. The summed E-state index contributed by atoms with van der Waals surface area (Å²) in [5, 5.41) is 0. The fourth-order valence-electron chi connectivity index (χ4n) is 2.35. The first-order valence-electron chi connectivity index (χ1n) is 6.37. The van der Waals surface area contributed by atoms with Crippen molar-refractivity contribution >= 4 is 18.3 Å². The normalized spacial score (nSPS) is 16.1. The summed E-state index contributed by atoms with van der Waals surface area (Å²) in [5.41, 5.74) is 6.70. The quantitative estimate of drug-likeness (QED) is 0.907. The van der Waals surface area contributed by atoms with Gasteiger partial charge in [-0.2, -0.15) is 0 Å². The van der Waals surface area contributed by atoms with Crippen molar-refractivity contribution in [3.05, 3.63) is 35.1 Å². The second kappa shape index (κ2) is 6.87. The Balaban J connectivity index is 0.00000180. The van der Waals surface area contributed by atoms with E-state index in [9.17, 15) is 9.18 Å². The molecule has 1 saturated heterocycles. The number of hydrogen-bond donors (Lipinski definition) is 1. The SMILES string of the molecule is Cc1ccc(F)c(C(=O)N2CCC(CN)CC2)c1.Cl.